The van der Waals surface area contributed by atoms with Crippen molar-refractivity contribution in [1.29, 1.82) is 5.26 Å². The Morgan fingerprint density at radius 3 is 2.71 bits per heavy atom. The zero-order valence-electron chi connectivity index (χ0n) is 14.9. The normalized spacial score (nSPS) is 16.6. The molecule has 10 heteroatoms. The van der Waals surface area contributed by atoms with Crippen LogP contribution in [0.1, 0.15) is 16.7 Å². The van der Waals surface area contributed by atoms with Crippen molar-refractivity contribution in [2.45, 2.75) is 19.0 Å². The van der Waals surface area contributed by atoms with Crippen molar-refractivity contribution in [2.75, 3.05) is 18.2 Å². The summed E-state index contributed by atoms with van der Waals surface area (Å²) in [6.45, 7) is -0.501. The Kier molecular flexibility index (Phi) is 5.79. The second kappa shape index (κ2) is 8.10. The van der Waals surface area contributed by atoms with Gasteiger partial charge in [0, 0.05) is 13.0 Å². The minimum Gasteiger partial charge on any atom is -0.454 e. The van der Waals surface area contributed by atoms with Gasteiger partial charge in [-0.1, -0.05) is 24.3 Å². The largest absolute Gasteiger partial charge is 0.454 e. The van der Waals surface area contributed by atoms with E-state index in [2.05, 4.69) is 5.32 Å². The number of hydrogen-bond donors (Lipinski definition) is 1. The monoisotopic (exact) mass is 419 g/mol. The van der Waals surface area contributed by atoms with Gasteiger partial charge in [-0.2, -0.15) is 9.57 Å². The number of thiophene rings is 1. The van der Waals surface area contributed by atoms with Gasteiger partial charge in [0.25, 0.3) is 5.91 Å². The van der Waals surface area contributed by atoms with Crippen LogP contribution in [-0.2, 0) is 37.3 Å². The number of nitriles is 1. The second-order valence-electron chi connectivity index (χ2n) is 6.23. The standard InChI is InChI=1S/C18H17N3O5S2/c1-28(24,25)21-10-14-5-3-2-4-12(14)8-15(21)18(23)26-11-16(22)20-17-13(9-19)6-7-27-17/h2-7,15H,8,10-11H2,1H3,(H,20,22)/t15-/m1/s1. The number of esters is 1. The number of nitrogens with one attached hydrogen (secondary N) is 1. The van der Waals surface area contributed by atoms with Gasteiger partial charge in [0.1, 0.15) is 17.1 Å². The van der Waals surface area contributed by atoms with E-state index in [-0.39, 0.29) is 13.0 Å². The highest BCUT2D eigenvalue weighted by molar-refractivity contribution is 7.88. The predicted molar refractivity (Wildman–Crippen MR) is 103 cm³/mol. The van der Waals surface area contributed by atoms with Gasteiger partial charge in [-0.25, -0.2) is 8.42 Å². The zero-order chi connectivity index (χ0) is 20.3. The number of sulfonamides is 1. The molecule has 28 heavy (non-hydrogen) atoms. The van der Waals surface area contributed by atoms with Crippen LogP contribution in [0.4, 0.5) is 5.00 Å². The lowest BCUT2D eigenvalue weighted by Gasteiger charge is -2.33. The Bertz CT molecular complexity index is 1060. The van der Waals surface area contributed by atoms with E-state index in [4.69, 9.17) is 10.00 Å². The molecule has 146 valence electrons. The summed E-state index contributed by atoms with van der Waals surface area (Å²) >= 11 is 1.18. The summed E-state index contributed by atoms with van der Waals surface area (Å²) in [5, 5.41) is 13.5. The Hall–Kier alpha value is -2.74. The van der Waals surface area contributed by atoms with E-state index in [1.54, 1.807) is 11.4 Å². The van der Waals surface area contributed by atoms with Gasteiger partial charge in [0.2, 0.25) is 10.0 Å². The molecule has 1 N–H and O–H groups in total. The average Bonchev–Trinajstić information content (AvgIpc) is 3.11. The Morgan fingerprint density at radius 1 is 1.32 bits per heavy atom. The number of benzene rings is 1. The summed E-state index contributed by atoms with van der Waals surface area (Å²) in [5.74, 6) is -1.39. The molecule has 1 amide bonds. The quantitative estimate of drug-likeness (QED) is 0.734. The molecule has 1 aromatic carbocycles. The number of carbonyl (C=O) groups excluding carboxylic acids is 2. The number of amides is 1. The van der Waals surface area contributed by atoms with Gasteiger partial charge < -0.3 is 10.1 Å². The topological polar surface area (TPSA) is 117 Å². The number of carbonyl (C=O) groups is 2. The predicted octanol–water partition coefficient (Wildman–Crippen LogP) is 1.49. The number of anilines is 1. The summed E-state index contributed by atoms with van der Waals surface area (Å²) in [6.07, 6.45) is 1.21. The van der Waals surface area contributed by atoms with E-state index < -0.39 is 34.5 Å². The van der Waals surface area contributed by atoms with E-state index in [0.29, 0.717) is 10.6 Å². The van der Waals surface area contributed by atoms with Gasteiger partial charge in [-0.3, -0.25) is 9.59 Å². The number of fused-ring (bicyclic) bond motifs is 1. The van der Waals surface area contributed by atoms with Crippen LogP contribution in [0.5, 0.6) is 0 Å². The molecule has 1 aromatic heterocycles. The lowest BCUT2D eigenvalue weighted by molar-refractivity contribution is -0.151. The maximum absolute atomic E-state index is 12.5. The SMILES string of the molecule is CS(=O)(=O)N1Cc2ccccc2C[C@@H]1C(=O)OCC(=O)Nc1sccc1C#N. The smallest absolute Gasteiger partial charge is 0.325 e. The molecule has 3 rings (SSSR count). The Labute approximate surface area is 166 Å². The average molecular weight is 419 g/mol. The van der Waals surface area contributed by atoms with E-state index in [1.165, 1.54) is 11.3 Å². The second-order valence-corrected chi connectivity index (χ2v) is 9.08. The van der Waals surface area contributed by atoms with Crippen LogP contribution in [-0.4, -0.2) is 43.5 Å². The molecule has 8 nitrogen and oxygen atoms in total. The highest BCUT2D eigenvalue weighted by Crippen LogP contribution is 2.26. The minimum absolute atomic E-state index is 0.0711. The Morgan fingerprint density at radius 2 is 2.04 bits per heavy atom. The fraction of sp³-hybridized carbons (Fsp3) is 0.278. The lowest BCUT2D eigenvalue weighted by atomic mass is 9.96. The van der Waals surface area contributed by atoms with Crippen LogP contribution in [0.3, 0.4) is 0 Å². The van der Waals surface area contributed by atoms with E-state index in [0.717, 1.165) is 21.7 Å². The maximum Gasteiger partial charge on any atom is 0.325 e. The molecule has 0 unspecified atom stereocenters. The fourth-order valence-electron chi connectivity index (χ4n) is 2.94. The van der Waals surface area contributed by atoms with Crippen LogP contribution >= 0.6 is 11.3 Å². The third-order valence-electron chi connectivity index (χ3n) is 4.29. The van der Waals surface area contributed by atoms with Crippen LogP contribution < -0.4 is 5.32 Å². The van der Waals surface area contributed by atoms with Crippen molar-refractivity contribution in [1.82, 2.24) is 4.31 Å². The molecule has 0 fully saturated rings. The number of rotatable bonds is 5. The third kappa shape index (κ3) is 4.39. The van der Waals surface area contributed by atoms with Crippen molar-refractivity contribution >= 4 is 38.2 Å². The zero-order valence-corrected chi connectivity index (χ0v) is 16.5. The highest BCUT2D eigenvalue weighted by atomic mass is 32.2. The van der Waals surface area contributed by atoms with E-state index >= 15 is 0 Å². The molecule has 0 bridgehead atoms. The van der Waals surface area contributed by atoms with Gasteiger partial charge in [-0.15, -0.1) is 11.3 Å². The van der Waals surface area contributed by atoms with E-state index in [9.17, 15) is 18.0 Å². The highest BCUT2D eigenvalue weighted by Gasteiger charge is 2.38. The summed E-state index contributed by atoms with van der Waals surface area (Å²) in [7, 11) is -3.65. The number of ether oxygens (including phenoxy) is 1. The minimum atomic E-state index is -3.65. The molecule has 0 saturated heterocycles. The van der Waals surface area contributed by atoms with Gasteiger partial charge in [0.15, 0.2) is 6.61 Å². The molecule has 0 aliphatic carbocycles. The summed E-state index contributed by atoms with van der Waals surface area (Å²) in [5.41, 5.74) is 2.01. The summed E-state index contributed by atoms with van der Waals surface area (Å²) < 4.78 is 30.4. The lowest BCUT2D eigenvalue weighted by Crippen LogP contribution is -2.49. The number of nitrogens with zero attached hydrogens (tertiary/aromatic N) is 2. The first-order valence-corrected chi connectivity index (χ1v) is 11.0. The van der Waals surface area contributed by atoms with Crippen molar-refractivity contribution in [3.8, 4) is 6.07 Å². The van der Waals surface area contributed by atoms with Gasteiger partial charge in [-0.05, 0) is 22.6 Å². The van der Waals surface area contributed by atoms with E-state index in [1.807, 2.05) is 30.3 Å². The molecule has 0 saturated carbocycles. The van der Waals surface area contributed by atoms with Crippen LogP contribution in [0.15, 0.2) is 35.7 Å². The first-order valence-electron chi connectivity index (χ1n) is 8.27. The maximum atomic E-state index is 12.5. The van der Waals surface area contributed by atoms with Crippen molar-refractivity contribution in [3.63, 3.8) is 0 Å². The van der Waals surface area contributed by atoms with Crippen molar-refractivity contribution in [2.24, 2.45) is 0 Å². The molecule has 0 radical (unpaired) electrons. The van der Waals surface area contributed by atoms with Gasteiger partial charge in [0.05, 0.1) is 11.8 Å². The van der Waals surface area contributed by atoms with Crippen LogP contribution in [0.25, 0.3) is 0 Å². The molecular weight excluding hydrogens is 402 g/mol. The van der Waals surface area contributed by atoms with Crippen LogP contribution in [0.2, 0.25) is 0 Å². The van der Waals surface area contributed by atoms with Crippen molar-refractivity contribution < 1.29 is 22.7 Å². The molecule has 1 aliphatic rings. The molecular formula is C18H17N3O5S2. The molecule has 2 heterocycles. The van der Waals surface area contributed by atoms with Crippen LogP contribution in [0, 0.1) is 11.3 Å². The fourth-order valence-corrected chi connectivity index (χ4v) is 4.69. The summed E-state index contributed by atoms with van der Waals surface area (Å²) in [4.78, 5) is 24.6. The molecule has 2 aromatic rings. The molecule has 1 atom stereocenters. The first kappa shape index (κ1) is 20.0. The van der Waals surface area contributed by atoms with Gasteiger partial charge >= 0.3 is 5.97 Å². The molecule has 0 spiro atoms. The summed E-state index contributed by atoms with van der Waals surface area (Å²) in [6, 6.07) is 9.75. The number of hydrogen-bond acceptors (Lipinski definition) is 7. The first-order chi connectivity index (χ1) is 13.3. The van der Waals surface area contributed by atoms with Crippen molar-refractivity contribution in [3.05, 3.63) is 52.4 Å². The molecule has 1 aliphatic heterocycles. The third-order valence-corrected chi connectivity index (χ3v) is 6.35. The Balaban J connectivity index is 1.68.